The number of rotatable bonds is 3. The molecule has 0 spiro atoms. The Balaban J connectivity index is 2.22. The minimum Gasteiger partial charge on any atom is -0.390 e. The lowest BCUT2D eigenvalue weighted by molar-refractivity contribution is 0.269. The Bertz CT molecular complexity index is 455. The molecule has 2 aromatic rings. The van der Waals surface area contributed by atoms with Crippen LogP contribution in [0.5, 0.6) is 0 Å². The number of aliphatic hydroxyl groups excluding tert-OH is 1. The fourth-order valence-electron chi connectivity index (χ4n) is 1.34. The van der Waals surface area contributed by atoms with E-state index in [1.807, 2.05) is 24.3 Å². The molecule has 1 aromatic carbocycles. The first-order valence-corrected chi connectivity index (χ1v) is 4.90. The van der Waals surface area contributed by atoms with E-state index in [0.29, 0.717) is 17.3 Å². The van der Waals surface area contributed by atoms with E-state index in [0.717, 1.165) is 5.56 Å². The van der Waals surface area contributed by atoms with Crippen molar-refractivity contribution in [1.29, 1.82) is 0 Å². The monoisotopic (exact) mass is 223 g/mol. The minimum absolute atomic E-state index is 0.0619. The van der Waals surface area contributed by atoms with E-state index >= 15 is 0 Å². The topological polar surface area (TPSA) is 50.9 Å². The summed E-state index contributed by atoms with van der Waals surface area (Å²) in [7, 11) is 0. The highest BCUT2D eigenvalue weighted by Gasteiger charge is 2.03. The van der Waals surface area contributed by atoms with Crippen LogP contribution in [0.4, 0.5) is 0 Å². The summed E-state index contributed by atoms with van der Waals surface area (Å²) in [6.07, 6.45) is 1.55. The molecule has 0 saturated carbocycles. The predicted molar refractivity (Wildman–Crippen MR) is 56.5 cm³/mol. The molecule has 0 fully saturated rings. The number of halogens is 1. The molecule has 78 valence electrons. The zero-order valence-corrected chi connectivity index (χ0v) is 8.72. The molecular formula is C10H10ClN3O. The standard InChI is InChI=1S/C10H10ClN3O/c11-9-3-1-2-8(4-9)6-14-10(7-15)5-12-13-14/h1-5,15H,6-7H2. The Labute approximate surface area is 92.1 Å². The van der Waals surface area contributed by atoms with Gasteiger partial charge < -0.3 is 5.11 Å². The molecule has 0 amide bonds. The maximum Gasteiger partial charge on any atom is 0.0866 e. The maximum atomic E-state index is 9.01. The molecule has 1 heterocycles. The average molecular weight is 224 g/mol. The number of aromatic nitrogens is 3. The van der Waals surface area contributed by atoms with Gasteiger partial charge in [0, 0.05) is 5.02 Å². The molecule has 0 aliphatic rings. The largest absolute Gasteiger partial charge is 0.390 e. The second-order valence-electron chi connectivity index (χ2n) is 3.17. The van der Waals surface area contributed by atoms with Crippen molar-refractivity contribution in [2.45, 2.75) is 13.2 Å². The molecule has 0 saturated heterocycles. The molecule has 0 aliphatic carbocycles. The first-order valence-electron chi connectivity index (χ1n) is 4.52. The molecule has 2 rings (SSSR count). The number of hydrogen-bond donors (Lipinski definition) is 1. The molecule has 0 unspecified atom stereocenters. The Morgan fingerprint density at radius 1 is 1.40 bits per heavy atom. The van der Waals surface area contributed by atoms with Crippen LogP contribution in [0, 0.1) is 0 Å². The highest BCUT2D eigenvalue weighted by atomic mass is 35.5. The van der Waals surface area contributed by atoms with Gasteiger partial charge in [-0.1, -0.05) is 28.9 Å². The zero-order valence-electron chi connectivity index (χ0n) is 7.97. The molecule has 0 radical (unpaired) electrons. The molecule has 5 heteroatoms. The van der Waals surface area contributed by atoms with Gasteiger partial charge in [-0.15, -0.1) is 5.10 Å². The van der Waals surface area contributed by atoms with Crippen LogP contribution >= 0.6 is 11.6 Å². The van der Waals surface area contributed by atoms with Gasteiger partial charge in [0.2, 0.25) is 0 Å². The lowest BCUT2D eigenvalue weighted by Gasteiger charge is -2.04. The van der Waals surface area contributed by atoms with E-state index in [2.05, 4.69) is 10.3 Å². The lowest BCUT2D eigenvalue weighted by Crippen LogP contribution is -2.06. The van der Waals surface area contributed by atoms with Crippen LogP contribution in [0.1, 0.15) is 11.3 Å². The van der Waals surface area contributed by atoms with Gasteiger partial charge in [0.15, 0.2) is 0 Å². The zero-order chi connectivity index (χ0) is 10.7. The van der Waals surface area contributed by atoms with Crippen LogP contribution in [-0.2, 0) is 13.2 Å². The van der Waals surface area contributed by atoms with E-state index in [1.165, 1.54) is 0 Å². The normalized spacial score (nSPS) is 10.5. The van der Waals surface area contributed by atoms with Crippen LogP contribution in [0.15, 0.2) is 30.5 Å². The van der Waals surface area contributed by atoms with Crippen LogP contribution in [0.2, 0.25) is 5.02 Å². The van der Waals surface area contributed by atoms with E-state index < -0.39 is 0 Å². The molecule has 0 atom stereocenters. The van der Waals surface area contributed by atoms with Crippen molar-refractivity contribution in [3.63, 3.8) is 0 Å². The van der Waals surface area contributed by atoms with Crippen LogP contribution in [0.3, 0.4) is 0 Å². The lowest BCUT2D eigenvalue weighted by atomic mass is 10.2. The Hall–Kier alpha value is -1.39. The Morgan fingerprint density at radius 2 is 2.27 bits per heavy atom. The second kappa shape index (κ2) is 4.42. The Morgan fingerprint density at radius 3 is 3.00 bits per heavy atom. The summed E-state index contributed by atoms with van der Waals surface area (Å²) in [4.78, 5) is 0. The second-order valence-corrected chi connectivity index (χ2v) is 3.61. The van der Waals surface area contributed by atoms with E-state index in [1.54, 1.807) is 10.9 Å². The molecule has 1 aromatic heterocycles. The van der Waals surface area contributed by atoms with Gasteiger partial charge in [0.1, 0.15) is 0 Å². The van der Waals surface area contributed by atoms with Crippen LogP contribution in [-0.4, -0.2) is 20.1 Å². The van der Waals surface area contributed by atoms with Gasteiger partial charge in [-0.05, 0) is 17.7 Å². The summed E-state index contributed by atoms with van der Waals surface area (Å²) in [5.41, 5.74) is 1.72. The number of benzene rings is 1. The van der Waals surface area contributed by atoms with Crippen LogP contribution < -0.4 is 0 Å². The number of nitrogens with zero attached hydrogens (tertiary/aromatic N) is 3. The molecular weight excluding hydrogens is 214 g/mol. The fraction of sp³-hybridized carbons (Fsp3) is 0.200. The van der Waals surface area contributed by atoms with Crippen molar-refractivity contribution < 1.29 is 5.11 Å². The summed E-state index contributed by atoms with van der Waals surface area (Å²) in [5.74, 6) is 0. The first kappa shape index (κ1) is 10.1. The average Bonchev–Trinajstić information content (AvgIpc) is 2.65. The van der Waals surface area contributed by atoms with Gasteiger partial charge in [0.05, 0.1) is 25.0 Å². The predicted octanol–water partition coefficient (Wildman–Crippen LogP) is 1.47. The smallest absolute Gasteiger partial charge is 0.0866 e. The number of aliphatic hydroxyl groups is 1. The van der Waals surface area contributed by atoms with Gasteiger partial charge in [-0.2, -0.15) is 0 Å². The van der Waals surface area contributed by atoms with Crippen molar-refractivity contribution in [2.75, 3.05) is 0 Å². The fourth-order valence-corrected chi connectivity index (χ4v) is 1.56. The minimum atomic E-state index is -0.0619. The molecule has 0 aliphatic heterocycles. The summed E-state index contributed by atoms with van der Waals surface area (Å²) < 4.78 is 1.64. The van der Waals surface area contributed by atoms with Crippen molar-refractivity contribution in [3.05, 3.63) is 46.7 Å². The van der Waals surface area contributed by atoms with Crippen molar-refractivity contribution >= 4 is 11.6 Å². The van der Waals surface area contributed by atoms with Gasteiger partial charge >= 0.3 is 0 Å². The van der Waals surface area contributed by atoms with Crippen molar-refractivity contribution in [3.8, 4) is 0 Å². The van der Waals surface area contributed by atoms with Crippen LogP contribution in [0.25, 0.3) is 0 Å². The van der Waals surface area contributed by atoms with Crippen molar-refractivity contribution in [2.24, 2.45) is 0 Å². The third-order valence-electron chi connectivity index (χ3n) is 2.08. The highest BCUT2D eigenvalue weighted by Crippen LogP contribution is 2.12. The van der Waals surface area contributed by atoms with E-state index in [4.69, 9.17) is 16.7 Å². The van der Waals surface area contributed by atoms with E-state index in [9.17, 15) is 0 Å². The van der Waals surface area contributed by atoms with Crippen molar-refractivity contribution in [1.82, 2.24) is 15.0 Å². The summed E-state index contributed by atoms with van der Waals surface area (Å²) in [5, 5.41) is 17.3. The highest BCUT2D eigenvalue weighted by molar-refractivity contribution is 6.30. The molecule has 4 nitrogen and oxygen atoms in total. The summed E-state index contributed by atoms with van der Waals surface area (Å²) >= 11 is 5.86. The molecule has 15 heavy (non-hydrogen) atoms. The summed E-state index contributed by atoms with van der Waals surface area (Å²) in [6.45, 7) is 0.504. The molecule has 1 N–H and O–H groups in total. The first-order chi connectivity index (χ1) is 7.29. The Kier molecular flexibility index (Phi) is 2.99. The van der Waals surface area contributed by atoms with Gasteiger partial charge in [-0.3, -0.25) is 0 Å². The quantitative estimate of drug-likeness (QED) is 0.858. The third kappa shape index (κ3) is 2.34. The molecule has 0 bridgehead atoms. The van der Waals surface area contributed by atoms with Gasteiger partial charge in [-0.25, -0.2) is 4.68 Å². The van der Waals surface area contributed by atoms with E-state index in [-0.39, 0.29) is 6.61 Å². The van der Waals surface area contributed by atoms with Gasteiger partial charge in [0.25, 0.3) is 0 Å². The maximum absolute atomic E-state index is 9.01. The third-order valence-corrected chi connectivity index (χ3v) is 2.32. The SMILES string of the molecule is OCc1cnnn1Cc1cccc(Cl)c1. The summed E-state index contributed by atoms with van der Waals surface area (Å²) in [6, 6.07) is 7.52. The number of hydrogen-bond acceptors (Lipinski definition) is 3.